The van der Waals surface area contributed by atoms with Crippen molar-refractivity contribution in [2.24, 2.45) is 17.6 Å². The van der Waals surface area contributed by atoms with Crippen LogP contribution in [0, 0.1) is 11.8 Å². The first-order valence-corrected chi connectivity index (χ1v) is 5.16. The van der Waals surface area contributed by atoms with Crippen molar-refractivity contribution in [2.45, 2.75) is 32.2 Å². The Hall–Kier alpha value is -0.0800. The molecular weight excluding hydrogens is 148 g/mol. The van der Waals surface area contributed by atoms with Crippen molar-refractivity contribution >= 4 is 0 Å². The molecule has 2 N–H and O–H groups in total. The van der Waals surface area contributed by atoms with E-state index in [4.69, 9.17) is 5.73 Å². The number of hydrogen-bond donors (Lipinski definition) is 1. The van der Waals surface area contributed by atoms with Gasteiger partial charge in [0.25, 0.3) is 0 Å². The molecule has 0 aromatic rings. The fourth-order valence-corrected chi connectivity index (χ4v) is 2.87. The maximum atomic E-state index is 5.89. The molecular formula is C10H20N2. The van der Waals surface area contributed by atoms with Crippen LogP contribution in [-0.2, 0) is 0 Å². The monoisotopic (exact) mass is 168 g/mol. The number of rotatable bonds is 2. The van der Waals surface area contributed by atoms with Crippen LogP contribution in [0.15, 0.2) is 0 Å². The second-order valence-corrected chi connectivity index (χ2v) is 4.62. The van der Waals surface area contributed by atoms with Crippen LogP contribution in [0.25, 0.3) is 0 Å². The molecule has 12 heavy (non-hydrogen) atoms. The summed E-state index contributed by atoms with van der Waals surface area (Å²) in [7, 11) is 0. The van der Waals surface area contributed by atoms with Crippen molar-refractivity contribution in [3.63, 3.8) is 0 Å². The van der Waals surface area contributed by atoms with Crippen molar-refractivity contribution in [2.75, 3.05) is 19.6 Å². The molecule has 70 valence electrons. The highest BCUT2D eigenvalue weighted by Gasteiger charge is 2.52. The highest BCUT2D eigenvalue weighted by Crippen LogP contribution is 2.48. The Morgan fingerprint density at radius 1 is 1.42 bits per heavy atom. The Bertz CT molecular complexity index is 173. The third kappa shape index (κ3) is 0.882. The summed E-state index contributed by atoms with van der Waals surface area (Å²) in [6, 6.07) is 0. The Morgan fingerprint density at radius 3 is 2.33 bits per heavy atom. The molecule has 0 radical (unpaired) electrons. The standard InChI is InChI=1S/C10H20N2/c1-8-6-10(7-11,9(8)2)12-4-3-5-12/h8-9H,3-7,11H2,1-2H3. The van der Waals surface area contributed by atoms with Crippen LogP contribution in [0.4, 0.5) is 0 Å². The zero-order valence-electron chi connectivity index (χ0n) is 8.21. The number of hydrogen-bond acceptors (Lipinski definition) is 2. The van der Waals surface area contributed by atoms with Crippen LogP contribution in [-0.4, -0.2) is 30.1 Å². The van der Waals surface area contributed by atoms with Crippen LogP contribution in [0.2, 0.25) is 0 Å². The smallest absolute Gasteiger partial charge is 0.0362 e. The lowest BCUT2D eigenvalue weighted by Crippen LogP contribution is -2.69. The lowest BCUT2D eigenvalue weighted by Gasteiger charge is -2.61. The fourth-order valence-electron chi connectivity index (χ4n) is 2.87. The molecule has 2 fully saturated rings. The minimum atomic E-state index is 0.400. The Morgan fingerprint density at radius 2 is 2.08 bits per heavy atom. The summed E-state index contributed by atoms with van der Waals surface area (Å²) < 4.78 is 0. The molecule has 0 aromatic carbocycles. The van der Waals surface area contributed by atoms with Crippen LogP contribution in [0.1, 0.15) is 26.7 Å². The predicted octanol–water partition coefficient (Wildman–Crippen LogP) is 1.07. The second kappa shape index (κ2) is 2.71. The normalized spacial score (nSPS) is 48.2. The SMILES string of the molecule is CC1CC(CN)(N2CCC2)C1C. The predicted molar refractivity (Wildman–Crippen MR) is 50.9 cm³/mol. The second-order valence-electron chi connectivity index (χ2n) is 4.62. The molecule has 2 rings (SSSR count). The molecule has 1 saturated carbocycles. The van der Waals surface area contributed by atoms with Crippen molar-refractivity contribution in [1.82, 2.24) is 4.90 Å². The lowest BCUT2D eigenvalue weighted by atomic mass is 9.59. The van der Waals surface area contributed by atoms with E-state index in [2.05, 4.69) is 18.7 Å². The Labute approximate surface area is 75.1 Å². The van der Waals surface area contributed by atoms with Gasteiger partial charge in [-0.2, -0.15) is 0 Å². The first-order valence-electron chi connectivity index (χ1n) is 5.16. The van der Waals surface area contributed by atoms with Gasteiger partial charge in [0.15, 0.2) is 0 Å². The number of nitrogens with two attached hydrogens (primary N) is 1. The molecule has 1 heterocycles. The highest BCUT2D eigenvalue weighted by atomic mass is 15.3. The summed E-state index contributed by atoms with van der Waals surface area (Å²) in [6.45, 7) is 8.14. The number of likely N-dealkylation sites (tertiary alicyclic amines) is 1. The summed E-state index contributed by atoms with van der Waals surface area (Å²) in [5, 5.41) is 0. The van der Waals surface area contributed by atoms with Gasteiger partial charge in [-0.1, -0.05) is 13.8 Å². The van der Waals surface area contributed by atoms with Crippen molar-refractivity contribution in [1.29, 1.82) is 0 Å². The molecule has 3 unspecified atom stereocenters. The molecule has 1 aliphatic carbocycles. The first kappa shape index (κ1) is 8.52. The van der Waals surface area contributed by atoms with Gasteiger partial charge in [-0.25, -0.2) is 0 Å². The molecule has 0 aromatic heterocycles. The van der Waals surface area contributed by atoms with Crippen molar-refractivity contribution in [3.05, 3.63) is 0 Å². The molecule has 0 spiro atoms. The molecule has 2 heteroatoms. The molecule has 1 aliphatic heterocycles. The topological polar surface area (TPSA) is 29.3 Å². The van der Waals surface area contributed by atoms with Crippen LogP contribution in [0.5, 0.6) is 0 Å². The molecule has 0 bridgehead atoms. The van der Waals surface area contributed by atoms with E-state index in [1.165, 1.54) is 25.9 Å². The van der Waals surface area contributed by atoms with Gasteiger partial charge in [-0.15, -0.1) is 0 Å². The molecule has 0 amide bonds. The van der Waals surface area contributed by atoms with Gasteiger partial charge in [0.2, 0.25) is 0 Å². The first-order chi connectivity index (χ1) is 5.70. The maximum absolute atomic E-state index is 5.89. The Kier molecular flexibility index (Phi) is 1.92. The van der Waals surface area contributed by atoms with Crippen LogP contribution >= 0.6 is 0 Å². The van der Waals surface area contributed by atoms with Gasteiger partial charge in [0.05, 0.1) is 0 Å². The van der Waals surface area contributed by atoms with Gasteiger partial charge in [0, 0.05) is 12.1 Å². The summed E-state index contributed by atoms with van der Waals surface area (Å²) >= 11 is 0. The van der Waals surface area contributed by atoms with E-state index in [1.54, 1.807) is 0 Å². The van der Waals surface area contributed by atoms with E-state index in [0.29, 0.717) is 5.54 Å². The van der Waals surface area contributed by atoms with E-state index >= 15 is 0 Å². The van der Waals surface area contributed by atoms with Crippen molar-refractivity contribution in [3.8, 4) is 0 Å². The maximum Gasteiger partial charge on any atom is 0.0362 e. The fraction of sp³-hybridized carbons (Fsp3) is 1.00. The minimum absolute atomic E-state index is 0.400. The number of nitrogens with zero attached hydrogens (tertiary/aromatic N) is 1. The van der Waals surface area contributed by atoms with E-state index in [-0.39, 0.29) is 0 Å². The summed E-state index contributed by atoms with van der Waals surface area (Å²) in [5.41, 5.74) is 6.29. The zero-order valence-corrected chi connectivity index (χ0v) is 8.21. The quantitative estimate of drug-likeness (QED) is 0.668. The van der Waals surface area contributed by atoms with E-state index in [1.807, 2.05) is 0 Å². The van der Waals surface area contributed by atoms with Crippen molar-refractivity contribution < 1.29 is 0 Å². The largest absolute Gasteiger partial charge is 0.329 e. The molecule has 2 nitrogen and oxygen atoms in total. The molecule has 1 saturated heterocycles. The third-order valence-electron chi connectivity index (χ3n) is 4.22. The molecule has 2 aliphatic rings. The van der Waals surface area contributed by atoms with Gasteiger partial charge in [-0.3, -0.25) is 4.90 Å². The summed E-state index contributed by atoms with van der Waals surface area (Å²) in [6.07, 6.45) is 2.70. The average Bonchev–Trinajstić information content (AvgIpc) is 1.99. The van der Waals surface area contributed by atoms with E-state index in [0.717, 1.165) is 18.4 Å². The van der Waals surface area contributed by atoms with E-state index in [9.17, 15) is 0 Å². The van der Waals surface area contributed by atoms with Gasteiger partial charge in [-0.05, 0) is 37.8 Å². The van der Waals surface area contributed by atoms with E-state index < -0.39 is 0 Å². The lowest BCUT2D eigenvalue weighted by molar-refractivity contribution is -0.0999. The average molecular weight is 168 g/mol. The van der Waals surface area contributed by atoms with Gasteiger partial charge >= 0.3 is 0 Å². The summed E-state index contributed by atoms with van der Waals surface area (Å²) in [5.74, 6) is 1.69. The van der Waals surface area contributed by atoms with Gasteiger partial charge in [0.1, 0.15) is 0 Å². The Balaban J connectivity index is 2.05. The summed E-state index contributed by atoms with van der Waals surface area (Å²) in [4.78, 5) is 2.59. The van der Waals surface area contributed by atoms with Crippen LogP contribution < -0.4 is 5.73 Å². The zero-order chi connectivity index (χ0) is 8.77. The minimum Gasteiger partial charge on any atom is -0.329 e. The van der Waals surface area contributed by atoms with Gasteiger partial charge < -0.3 is 5.73 Å². The highest BCUT2D eigenvalue weighted by molar-refractivity contribution is 5.08. The molecule has 3 atom stereocenters. The van der Waals surface area contributed by atoms with Crippen LogP contribution in [0.3, 0.4) is 0 Å². The third-order valence-corrected chi connectivity index (χ3v) is 4.22.